The topological polar surface area (TPSA) is 52.6 Å². The molecule has 0 radical (unpaired) electrons. The molecular weight excluding hydrogens is 204 g/mol. The van der Waals surface area contributed by atoms with Crippen molar-refractivity contribution in [3.63, 3.8) is 0 Å². The van der Waals surface area contributed by atoms with Crippen molar-refractivity contribution in [2.45, 2.75) is 19.3 Å². The first-order chi connectivity index (χ1) is 6.62. The number of terminal acetylenes is 1. The van der Waals surface area contributed by atoms with Gasteiger partial charge >= 0.3 is 0 Å². The van der Waals surface area contributed by atoms with Gasteiger partial charge in [0.05, 0.1) is 5.75 Å². The second-order valence-electron chi connectivity index (χ2n) is 2.78. The zero-order valence-electron chi connectivity index (χ0n) is 8.36. The van der Waals surface area contributed by atoms with Crippen LogP contribution in [-0.2, 0) is 19.0 Å². The van der Waals surface area contributed by atoms with Gasteiger partial charge in [-0.05, 0) is 12.8 Å². The molecule has 0 aromatic carbocycles. The summed E-state index contributed by atoms with van der Waals surface area (Å²) < 4.78 is 31.5. The molecule has 0 aliphatic carbocycles. The quantitative estimate of drug-likeness (QED) is 0.344. The van der Waals surface area contributed by atoms with E-state index in [1.54, 1.807) is 7.11 Å². The minimum atomic E-state index is -3.41. The molecule has 0 fully saturated rings. The molecule has 0 aliphatic rings. The van der Waals surface area contributed by atoms with E-state index in [9.17, 15) is 8.42 Å². The van der Waals surface area contributed by atoms with Crippen LogP contribution in [0.15, 0.2) is 0 Å². The number of hydrogen-bond donors (Lipinski definition) is 0. The highest BCUT2D eigenvalue weighted by molar-refractivity contribution is 7.86. The maximum absolute atomic E-state index is 11.1. The highest BCUT2D eigenvalue weighted by atomic mass is 32.2. The molecule has 0 aliphatic heterocycles. The molecule has 0 aromatic rings. The normalized spacial score (nSPS) is 11.1. The summed E-state index contributed by atoms with van der Waals surface area (Å²) >= 11 is 0. The largest absolute Gasteiger partial charge is 0.385 e. The molecule has 0 saturated heterocycles. The molecule has 0 rings (SSSR count). The van der Waals surface area contributed by atoms with Crippen LogP contribution in [0.1, 0.15) is 19.3 Å². The lowest BCUT2D eigenvalue weighted by molar-refractivity contribution is 0.192. The Labute approximate surface area is 85.7 Å². The molecule has 0 spiro atoms. The molecule has 4 nitrogen and oxygen atoms in total. The number of methoxy groups -OCH3 is 1. The fourth-order valence-corrected chi connectivity index (χ4v) is 1.81. The predicted molar refractivity (Wildman–Crippen MR) is 54.3 cm³/mol. The Morgan fingerprint density at radius 2 is 2.00 bits per heavy atom. The maximum Gasteiger partial charge on any atom is 0.268 e. The van der Waals surface area contributed by atoms with Gasteiger partial charge in [0, 0.05) is 13.7 Å². The van der Waals surface area contributed by atoms with Crippen molar-refractivity contribution in [3.05, 3.63) is 0 Å². The van der Waals surface area contributed by atoms with E-state index < -0.39 is 10.1 Å². The lowest BCUT2D eigenvalue weighted by Crippen LogP contribution is -2.10. The van der Waals surface area contributed by atoms with E-state index in [-0.39, 0.29) is 12.4 Å². The Balaban J connectivity index is 3.52. The Morgan fingerprint density at radius 1 is 1.29 bits per heavy atom. The standard InChI is InChI=1S/C9H16O4S/c1-3-7-13-14(10,11)9-6-4-5-8-12-2/h1H,4-9H2,2H3. The van der Waals surface area contributed by atoms with Gasteiger partial charge in [-0.25, -0.2) is 0 Å². The fraction of sp³-hybridized carbons (Fsp3) is 0.778. The Kier molecular flexibility index (Phi) is 7.48. The summed E-state index contributed by atoms with van der Waals surface area (Å²) in [6, 6.07) is 0. The molecule has 0 N–H and O–H groups in total. The van der Waals surface area contributed by atoms with Gasteiger partial charge in [0.2, 0.25) is 0 Å². The highest BCUT2D eigenvalue weighted by Crippen LogP contribution is 2.01. The van der Waals surface area contributed by atoms with Crippen LogP contribution in [0.5, 0.6) is 0 Å². The van der Waals surface area contributed by atoms with Gasteiger partial charge in [-0.2, -0.15) is 8.42 Å². The van der Waals surface area contributed by atoms with E-state index in [0.717, 1.165) is 12.8 Å². The average Bonchev–Trinajstić information content (AvgIpc) is 2.15. The van der Waals surface area contributed by atoms with Crippen LogP contribution in [0.3, 0.4) is 0 Å². The number of ether oxygens (including phenoxy) is 1. The van der Waals surface area contributed by atoms with E-state index in [2.05, 4.69) is 10.1 Å². The smallest absolute Gasteiger partial charge is 0.268 e. The summed E-state index contributed by atoms with van der Waals surface area (Å²) in [5.41, 5.74) is 0. The molecule has 0 bridgehead atoms. The van der Waals surface area contributed by atoms with E-state index in [1.807, 2.05) is 0 Å². The van der Waals surface area contributed by atoms with Gasteiger partial charge in [-0.15, -0.1) is 6.42 Å². The predicted octanol–water partition coefficient (Wildman–Crippen LogP) is 0.783. The van der Waals surface area contributed by atoms with Crippen LogP contribution in [0.25, 0.3) is 0 Å². The van der Waals surface area contributed by atoms with Crippen LogP contribution < -0.4 is 0 Å². The zero-order valence-corrected chi connectivity index (χ0v) is 9.18. The van der Waals surface area contributed by atoms with E-state index in [4.69, 9.17) is 11.2 Å². The lowest BCUT2D eigenvalue weighted by Gasteiger charge is -2.02. The molecule has 82 valence electrons. The summed E-state index contributed by atoms with van der Waals surface area (Å²) in [5.74, 6) is 2.14. The molecule has 0 unspecified atom stereocenters. The summed E-state index contributed by atoms with van der Waals surface area (Å²) in [6.45, 7) is 0.478. The first-order valence-electron chi connectivity index (χ1n) is 4.42. The lowest BCUT2D eigenvalue weighted by atomic mass is 10.3. The summed E-state index contributed by atoms with van der Waals surface area (Å²) in [7, 11) is -1.80. The zero-order chi connectivity index (χ0) is 10.9. The van der Waals surface area contributed by atoms with Gasteiger partial charge < -0.3 is 4.74 Å². The van der Waals surface area contributed by atoms with Crippen LogP contribution in [0.2, 0.25) is 0 Å². The van der Waals surface area contributed by atoms with Crippen molar-refractivity contribution < 1.29 is 17.3 Å². The highest BCUT2D eigenvalue weighted by Gasteiger charge is 2.09. The first-order valence-corrected chi connectivity index (χ1v) is 5.99. The van der Waals surface area contributed by atoms with Crippen molar-refractivity contribution in [2.24, 2.45) is 0 Å². The SMILES string of the molecule is C#CCOS(=O)(=O)CCCCCOC. The third-order valence-corrected chi connectivity index (χ3v) is 2.83. The Bertz CT molecular complexity index is 263. The van der Waals surface area contributed by atoms with Gasteiger partial charge in [-0.3, -0.25) is 4.18 Å². The van der Waals surface area contributed by atoms with Crippen LogP contribution >= 0.6 is 0 Å². The van der Waals surface area contributed by atoms with Gasteiger partial charge in [0.25, 0.3) is 10.1 Å². The minimum absolute atomic E-state index is 0.0262. The fourth-order valence-electron chi connectivity index (χ4n) is 0.885. The van der Waals surface area contributed by atoms with Crippen molar-refractivity contribution in [1.82, 2.24) is 0 Å². The van der Waals surface area contributed by atoms with Gasteiger partial charge in [-0.1, -0.05) is 12.3 Å². The second kappa shape index (κ2) is 7.80. The second-order valence-corrected chi connectivity index (χ2v) is 4.54. The summed E-state index contributed by atoms with van der Waals surface area (Å²) in [4.78, 5) is 0. The van der Waals surface area contributed by atoms with Gasteiger partial charge in [0.15, 0.2) is 0 Å². The molecule has 5 heteroatoms. The molecule has 0 aromatic heterocycles. The third kappa shape index (κ3) is 8.05. The number of unbranched alkanes of at least 4 members (excludes halogenated alkanes) is 2. The molecule has 0 heterocycles. The van der Waals surface area contributed by atoms with Gasteiger partial charge in [0.1, 0.15) is 6.61 Å². The average molecular weight is 220 g/mol. The molecule has 14 heavy (non-hydrogen) atoms. The van der Waals surface area contributed by atoms with Crippen LogP contribution in [0, 0.1) is 12.3 Å². The number of hydrogen-bond acceptors (Lipinski definition) is 4. The van der Waals surface area contributed by atoms with E-state index in [0.29, 0.717) is 13.0 Å². The van der Waals surface area contributed by atoms with Crippen molar-refractivity contribution in [1.29, 1.82) is 0 Å². The summed E-state index contributed by atoms with van der Waals surface area (Å²) in [6.07, 6.45) is 7.13. The van der Waals surface area contributed by atoms with Crippen LogP contribution in [0.4, 0.5) is 0 Å². The van der Waals surface area contributed by atoms with Crippen molar-refractivity contribution >= 4 is 10.1 Å². The molecule has 0 atom stereocenters. The molecule has 0 saturated carbocycles. The van der Waals surface area contributed by atoms with E-state index in [1.165, 1.54) is 0 Å². The van der Waals surface area contributed by atoms with Crippen LogP contribution in [-0.4, -0.2) is 34.5 Å². The van der Waals surface area contributed by atoms with E-state index >= 15 is 0 Å². The first kappa shape index (κ1) is 13.4. The third-order valence-electron chi connectivity index (χ3n) is 1.56. The van der Waals surface area contributed by atoms with Crippen molar-refractivity contribution in [3.8, 4) is 12.3 Å². The maximum atomic E-state index is 11.1. The van der Waals surface area contributed by atoms with Crippen molar-refractivity contribution in [2.75, 3.05) is 26.1 Å². The molecular formula is C9H16O4S. The number of rotatable bonds is 8. The minimum Gasteiger partial charge on any atom is -0.385 e. The Hall–Kier alpha value is -0.570. The summed E-state index contributed by atoms with van der Waals surface area (Å²) in [5, 5.41) is 0. The monoisotopic (exact) mass is 220 g/mol. The molecule has 0 amide bonds. The Morgan fingerprint density at radius 3 is 2.57 bits per heavy atom.